The number of nitrogens with two attached hydrogens (primary N) is 4. The Kier molecular flexibility index (Phi) is 48.3. The third-order valence-corrected chi connectivity index (χ3v) is 32.0. The van der Waals surface area contributed by atoms with E-state index in [0.717, 1.165) is 92.9 Å². The molecule has 0 spiro atoms. The topological polar surface area (TPSA) is 587 Å². The molecule has 6 heterocycles. The highest BCUT2D eigenvalue weighted by Crippen LogP contribution is 2.47. The van der Waals surface area contributed by atoms with Crippen LogP contribution in [0.1, 0.15) is 261 Å². The number of carboxylic acid groups (broad SMARTS) is 1. The Morgan fingerprint density at radius 2 is 0.792 bits per heavy atom. The van der Waals surface area contributed by atoms with Gasteiger partial charge in [0.05, 0.1) is 85.3 Å². The number of ether oxygens (including phenoxy) is 8. The van der Waals surface area contributed by atoms with Crippen LogP contribution in [0.25, 0.3) is 10.8 Å². The van der Waals surface area contributed by atoms with Crippen LogP contribution in [0.4, 0.5) is 9.59 Å². The Morgan fingerprint density at radius 1 is 0.477 bits per heavy atom. The van der Waals surface area contributed by atoms with Crippen LogP contribution in [0, 0.1) is 80.1 Å². The number of carbonyl (C=O) groups excluding carboxylic acids is 7. The summed E-state index contributed by atoms with van der Waals surface area (Å²) in [5, 5.41) is 19.7. The zero-order valence-corrected chi connectivity index (χ0v) is 97.8. The van der Waals surface area contributed by atoms with Crippen molar-refractivity contribution in [3.8, 4) is 17.2 Å². The summed E-state index contributed by atoms with van der Waals surface area (Å²) in [6.45, 7) is 48.5. The number of likely N-dealkylation sites (tertiary alicyclic amines) is 2. The average molecular weight is 2390 g/mol. The molecule has 0 saturated carbocycles. The molecule has 40 nitrogen and oxygen atoms in total. The first-order valence-electron chi connectivity index (χ1n) is 49.8. The molecule has 15 N–H and O–H groups in total. The Labute approximate surface area is 909 Å². The van der Waals surface area contributed by atoms with Gasteiger partial charge >= 0.3 is 36.1 Å². The molecule has 11 rings (SSSR count). The highest BCUT2D eigenvalue weighted by molar-refractivity contribution is 14.2. The molecule has 5 aromatic carbocycles. The first-order chi connectivity index (χ1) is 68.2. The number of nitrogens with one attached hydrogen (secondary N) is 6. The van der Waals surface area contributed by atoms with Crippen LogP contribution in [0.5, 0.6) is 17.2 Å². The minimum Gasteiger partial charge on any atom is -0.487 e. The zero-order valence-electron chi connectivity index (χ0n) is 90.0. The SMILES string of the molecule is C.CCOC(=O)C1CCN(C(=O)[C@@H](N)CCCN=C(N)NS(=O)(=O)c2c(C)c(C)c3c(c2C)CC(C)(C)O3)CC1.CCOC(=O)C1CCN(C(=O)[C@H](CCCN=C(N)NS(=O)(=O)c2c(C)c(C)c3c(c2C)CC(C)(C)O3)NC(=O)OC(C)(C)C)CC1.CCOC(=O)C1CCNCC1.Cc1c(C)c(S(=O)(=O)NC(N)=NCCC[C@H](NC(=O)OC(C)(C)C)C(=O)O)c(C)c2c1OC(C)(C)C2.I.O=S(=O)(I)Cc1ccc2ccccc2c1. The first-order valence-corrected chi connectivity index (χ1v) is 58.4. The number of halogens is 2. The van der Waals surface area contributed by atoms with Gasteiger partial charge in [0.25, 0.3) is 30.1 Å². The van der Waals surface area contributed by atoms with E-state index in [1.165, 1.54) is 21.2 Å². The number of esters is 3. The minimum atomic E-state index is -4.06. The molecule has 3 saturated heterocycles. The van der Waals surface area contributed by atoms with E-state index in [-0.39, 0.29) is 156 Å². The molecular weight excluding hydrogens is 2230 g/mol. The number of carbonyl (C=O) groups is 8. The fourth-order valence-electron chi connectivity index (χ4n) is 18.1. The number of alkyl carbamates (subject to hydrolysis) is 2. The van der Waals surface area contributed by atoms with Crippen molar-refractivity contribution in [1.29, 1.82) is 0 Å². The maximum absolute atomic E-state index is 13.5. The number of hydrogen-bond donors (Lipinski definition) is 11. The Morgan fingerprint density at radius 3 is 1.12 bits per heavy atom. The van der Waals surface area contributed by atoms with Gasteiger partial charge in [0.15, 0.2) is 0 Å². The van der Waals surface area contributed by atoms with Crippen molar-refractivity contribution in [2.45, 2.75) is 336 Å². The van der Waals surface area contributed by atoms with Gasteiger partial charge in [-0.15, -0.1) is 24.0 Å². The van der Waals surface area contributed by atoms with Gasteiger partial charge in [-0.05, 0) is 323 Å². The Bertz CT molecular complexity index is 6160. The molecule has 0 unspecified atom stereocenters. The second-order valence-electron chi connectivity index (χ2n) is 41.4. The number of piperidine rings is 3. The number of sulfonamides is 3. The van der Waals surface area contributed by atoms with Crippen LogP contribution < -0.4 is 67.3 Å². The van der Waals surface area contributed by atoms with Gasteiger partial charge in [-0.2, -0.15) is 0 Å². The first kappa shape index (κ1) is 130. The van der Waals surface area contributed by atoms with Crippen LogP contribution in [0.3, 0.4) is 0 Å². The van der Waals surface area contributed by atoms with Crippen molar-refractivity contribution in [2.24, 2.45) is 55.7 Å². The fraction of sp³-hybridized carbons (Fsp3) is 0.621. The molecule has 5 aromatic rings. The summed E-state index contributed by atoms with van der Waals surface area (Å²) >= 11 is 1.48. The number of aliphatic imine (C=N–C) groups is 3. The zero-order chi connectivity index (χ0) is 110. The molecule has 0 aliphatic carbocycles. The third kappa shape index (κ3) is 38.4. The van der Waals surface area contributed by atoms with E-state index in [2.05, 4.69) is 45.1 Å². The molecule has 149 heavy (non-hydrogen) atoms. The molecule has 6 aliphatic heterocycles. The summed E-state index contributed by atoms with van der Waals surface area (Å²) in [6, 6.07) is 10.9. The summed E-state index contributed by atoms with van der Waals surface area (Å²) < 4.78 is 153. The monoisotopic (exact) mass is 2390 g/mol. The molecule has 46 heteroatoms. The van der Waals surface area contributed by atoms with Crippen molar-refractivity contribution in [3.05, 3.63) is 115 Å². The van der Waals surface area contributed by atoms with E-state index < -0.39 is 101 Å². The number of amides is 4. The van der Waals surface area contributed by atoms with Crippen LogP contribution in [-0.4, -0.2) is 239 Å². The number of fused-ring (bicyclic) bond motifs is 4. The molecule has 0 aromatic heterocycles. The number of rotatable bonds is 31. The van der Waals surface area contributed by atoms with Crippen molar-refractivity contribution >= 4 is 159 Å². The molecule has 0 radical (unpaired) electrons. The van der Waals surface area contributed by atoms with Crippen molar-refractivity contribution < 1.29 is 115 Å². The molecule has 0 bridgehead atoms. The van der Waals surface area contributed by atoms with Gasteiger partial charge in [-0.25, -0.2) is 62.2 Å². The van der Waals surface area contributed by atoms with Gasteiger partial charge < -0.3 is 91.7 Å². The summed E-state index contributed by atoms with van der Waals surface area (Å²) in [5.74, 6) is -0.981. The summed E-state index contributed by atoms with van der Waals surface area (Å²) in [5.41, 5.74) is 30.5. The number of aliphatic carboxylic acids is 1. The van der Waals surface area contributed by atoms with E-state index in [9.17, 15) is 77.1 Å². The van der Waals surface area contributed by atoms with Gasteiger partial charge in [0.1, 0.15) is 57.3 Å². The highest BCUT2D eigenvalue weighted by Gasteiger charge is 2.43. The third-order valence-electron chi connectivity index (χ3n) is 25.5. The molecule has 3 fully saturated rings. The van der Waals surface area contributed by atoms with E-state index >= 15 is 0 Å². The van der Waals surface area contributed by atoms with E-state index in [0.29, 0.717) is 144 Å². The number of hydrogen-bond acceptors (Lipinski definition) is 29. The number of guanidine groups is 3. The number of benzene rings is 5. The predicted octanol–water partition coefficient (Wildman–Crippen LogP) is 12.8. The summed E-state index contributed by atoms with van der Waals surface area (Å²) in [7, 11) is -15.0. The maximum Gasteiger partial charge on any atom is 0.408 e. The van der Waals surface area contributed by atoms with Crippen LogP contribution in [0.2, 0.25) is 0 Å². The molecule has 3 atom stereocenters. The lowest BCUT2D eigenvalue weighted by Gasteiger charge is -2.33. The van der Waals surface area contributed by atoms with Crippen molar-refractivity contribution in [2.75, 3.05) is 78.7 Å². The lowest BCUT2D eigenvalue weighted by molar-refractivity contribution is -0.151. The average Bonchev–Trinajstić information content (AvgIpc) is 1.66. The van der Waals surface area contributed by atoms with Gasteiger partial charge in [0.2, 0.25) is 36.7 Å². The van der Waals surface area contributed by atoms with Crippen molar-refractivity contribution in [3.63, 3.8) is 0 Å². The standard InChI is InChI=1S/C32H51N5O8S.C27H43N5O6S.C24H38N4O7S.C11H9IO2S.C8H15NO2.CH4.HI/c1-10-43-28(39)22-13-16-37(17-14-22)27(38)24(35-30(40)45-31(5,6)7)12-11-15-34-29(33)36-46(41,42)26-20(3)19(2)25-23(21(26)4)18-32(8,9)44-25;1-7-37-25(34)19-10-13-32(14-11-19)24(33)21(28)9-8-12-30-26(29)31-39(35,36)23-17(3)16(2)22-20(18(23)4)15-27(5,6)38-22;1-13-14(2)19(15(3)16-12-24(7,8)34-18(13)16)36(32,33)28-21(25)26-11-9-10-17(20(29)30)27-22(31)35-23(4,5)6;12-15(13,14)8-9-5-6-10-3-1-2-4-11(10)7-9;1-2-11-8(10)7-3-5-9-6-4-7;;/h22,24H,10-18H2,1-9H3,(H,35,40)(H3,33,34,36);19,21H,7-15,28H2,1-6H3,(H3,29,30,31);17H,9-12H2,1-8H3,(H,27,31)(H,29,30)(H3,25,26,28);1-7H,8H2;7,9H,2-6H2,1H3;1H4;1H/t24-;21-;17-;;;;/m000..../s1. The predicted molar refractivity (Wildman–Crippen MR) is 594 cm³/mol. The number of nitrogens with zero attached hydrogens (tertiary/aromatic N) is 5. The largest absolute Gasteiger partial charge is 0.487 e. The summed E-state index contributed by atoms with van der Waals surface area (Å²) in [4.78, 5) is 113. The molecular formula is C103H161I2N15O25S4. The lowest BCUT2D eigenvalue weighted by Crippen LogP contribution is -2.52. The van der Waals surface area contributed by atoms with Gasteiger partial charge in [0, 0.05) is 81.8 Å². The van der Waals surface area contributed by atoms with Crippen LogP contribution in [-0.2, 0) is 115 Å². The van der Waals surface area contributed by atoms with E-state index in [1.54, 1.807) is 107 Å². The second-order valence-corrected chi connectivity index (χ2v) is 51.6. The van der Waals surface area contributed by atoms with Gasteiger partial charge in [-0.3, -0.25) is 38.9 Å². The minimum absolute atomic E-state index is 0. The van der Waals surface area contributed by atoms with Crippen LogP contribution in [0.15, 0.2) is 72.1 Å². The Balaban J connectivity index is 0.000000348. The molecule has 836 valence electrons. The maximum atomic E-state index is 13.5. The Hall–Kier alpha value is -9.89. The summed E-state index contributed by atoms with van der Waals surface area (Å²) in [6.07, 6.45) is 5.78. The highest BCUT2D eigenvalue weighted by atomic mass is 127. The molecule has 4 amide bonds. The molecule has 6 aliphatic rings. The van der Waals surface area contributed by atoms with E-state index in [1.807, 2.05) is 112 Å². The quantitative estimate of drug-likeness (QED) is 0.00373. The van der Waals surface area contributed by atoms with Crippen LogP contribution >= 0.6 is 45.2 Å². The fourth-order valence-corrected chi connectivity index (χ4v) is 24.4. The lowest BCUT2D eigenvalue weighted by atomic mass is 9.94. The van der Waals surface area contributed by atoms with E-state index in [4.69, 9.17) is 60.8 Å². The van der Waals surface area contributed by atoms with Gasteiger partial charge in [-0.1, -0.05) is 49.9 Å². The second kappa shape index (κ2) is 55.6. The number of carboxylic acids is 1. The normalized spacial score (nSPS) is 16.7. The smallest absolute Gasteiger partial charge is 0.408 e. The van der Waals surface area contributed by atoms with Crippen molar-refractivity contribution in [1.82, 2.24) is 39.9 Å².